The van der Waals surface area contributed by atoms with Crippen molar-refractivity contribution in [3.63, 3.8) is 0 Å². The van der Waals surface area contributed by atoms with Crippen LogP contribution in [-0.4, -0.2) is 41.0 Å². The summed E-state index contributed by atoms with van der Waals surface area (Å²) >= 11 is 21.7. The molecule has 1 rings (SSSR count). The number of rotatable bonds is 1. The highest BCUT2D eigenvalue weighted by Gasteiger charge is 2.40. The number of amides is 1. The number of sulfone groups is 1. The van der Waals surface area contributed by atoms with Crippen molar-refractivity contribution < 1.29 is 13.2 Å². The van der Waals surface area contributed by atoms with Crippen molar-refractivity contribution in [1.29, 1.82) is 0 Å². The van der Waals surface area contributed by atoms with Gasteiger partial charge in [0, 0.05) is 0 Å². The van der Waals surface area contributed by atoms with Gasteiger partial charge in [-0.05, 0) is 0 Å². The number of nitrogens with one attached hydrogen (secondary N) is 1. The van der Waals surface area contributed by atoms with Crippen molar-refractivity contribution in [3.05, 3.63) is 0 Å². The topological polar surface area (TPSA) is 63.2 Å². The summed E-state index contributed by atoms with van der Waals surface area (Å²) in [6, 6.07) is -0.709. The molecule has 0 aromatic rings. The molecule has 0 unspecified atom stereocenters. The van der Waals surface area contributed by atoms with Crippen molar-refractivity contribution in [2.45, 2.75) is 15.2 Å². The van der Waals surface area contributed by atoms with Gasteiger partial charge in [-0.1, -0.05) is 34.8 Å². The van der Waals surface area contributed by atoms with Crippen LogP contribution in [0.3, 0.4) is 0 Å². The van der Waals surface area contributed by atoms with Crippen LogP contribution in [0.1, 0.15) is 0 Å². The fourth-order valence-corrected chi connectivity index (χ4v) is 3.90. The van der Waals surface area contributed by atoms with E-state index in [1.807, 2.05) is 0 Å². The van der Waals surface area contributed by atoms with Crippen LogP contribution in [0.5, 0.6) is 0 Å². The van der Waals surface area contributed by atoms with Crippen LogP contribution >= 0.6 is 46.4 Å². The molecule has 15 heavy (non-hydrogen) atoms. The van der Waals surface area contributed by atoms with Crippen LogP contribution < -0.4 is 5.32 Å². The average Bonchev–Trinajstić information content (AvgIpc) is 2.22. The molecule has 1 fully saturated rings. The maximum atomic E-state index is 11.2. The fraction of sp³-hybridized carbons (Fsp3) is 0.833. The summed E-state index contributed by atoms with van der Waals surface area (Å²) in [6.07, 6.45) is 0. The van der Waals surface area contributed by atoms with Crippen LogP contribution in [0.15, 0.2) is 0 Å². The highest BCUT2D eigenvalue weighted by Crippen LogP contribution is 2.27. The van der Waals surface area contributed by atoms with E-state index in [1.165, 1.54) is 0 Å². The van der Waals surface area contributed by atoms with Crippen LogP contribution in [0, 0.1) is 0 Å². The Bertz CT molecular complexity index is 363. The quantitative estimate of drug-likeness (QED) is 0.731. The molecule has 9 heteroatoms. The standard InChI is InChI=1S/C6H7Cl4NO3S/c7-3-1-15(13,14)2-4(3)11-5(12)6(8,9)10/h3-4H,1-2H2,(H,11,12)/t3-,4+/m0/s1. The Morgan fingerprint density at radius 1 is 1.27 bits per heavy atom. The van der Waals surface area contributed by atoms with E-state index in [-0.39, 0.29) is 11.5 Å². The zero-order valence-corrected chi connectivity index (χ0v) is 11.1. The molecular formula is C6H7Cl4NO3S. The smallest absolute Gasteiger partial charge is 0.272 e. The Balaban J connectivity index is 2.66. The molecule has 1 aliphatic rings. The molecule has 88 valence electrons. The lowest BCUT2D eigenvalue weighted by atomic mass is 10.2. The maximum Gasteiger partial charge on any atom is 0.272 e. The van der Waals surface area contributed by atoms with Crippen LogP contribution in [0.2, 0.25) is 0 Å². The Labute approximate surface area is 107 Å². The molecule has 1 heterocycles. The highest BCUT2D eigenvalue weighted by atomic mass is 35.6. The predicted octanol–water partition coefficient (Wildman–Crippen LogP) is 0.877. The largest absolute Gasteiger partial charge is 0.347 e. The molecule has 0 radical (unpaired) electrons. The van der Waals surface area contributed by atoms with Crippen molar-refractivity contribution in [2.75, 3.05) is 11.5 Å². The van der Waals surface area contributed by atoms with Gasteiger partial charge in [-0.2, -0.15) is 0 Å². The third kappa shape index (κ3) is 3.82. The van der Waals surface area contributed by atoms with E-state index in [4.69, 9.17) is 46.4 Å². The van der Waals surface area contributed by atoms with Crippen LogP contribution in [0.25, 0.3) is 0 Å². The minimum atomic E-state index is -3.21. The Morgan fingerprint density at radius 2 is 1.80 bits per heavy atom. The van der Waals surface area contributed by atoms with E-state index in [9.17, 15) is 13.2 Å². The molecule has 0 aliphatic carbocycles. The van der Waals surface area contributed by atoms with Gasteiger partial charge in [-0.15, -0.1) is 11.6 Å². The highest BCUT2D eigenvalue weighted by molar-refractivity contribution is 7.91. The minimum Gasteiger partial charge on any atom is -0.347 e. The molecule has 0 spiro atoms. The van der Waals surface area contributed by atoms with Gasteiger partial charge in [0.25, 0.3) is 9.70 Å². The van der Waals surface area contributed by atoms with Crippen LogP contribution in [-0.2, 0) is 14.6 Å². The van der Waals surface area contributed by atoms with E-state index in [2.05, 4.69) is 5.32 Å². The van der Waals surface area contributed by atoms with E-state index in [1.54, 1.807) is 0 Å². The first-order chi connectivity index (χ1) is 6.62. The summed E-state index contributed by atoms with van der Waals surface area (Å²) in [4.78, 5) is 11.2. The minimum absolute atomic E-state index is 0.181. The lowest BCUT2D eigenvalue weighted by Gasteiger charge is -2.17. The molecule has 1 saturated heterocycles. The summed E-state index contributed by atoms with van der Waals surface area (Å²) < 4.78 is 20.2. The van der Waals surface area contributed by atoms with Gasteiger partial charge in [-0.25, -0.2) is 8.42 Å². The SMILES string of the molecule is O=C(N[C@@H]1CS(=O)(=O)C[C@@H]1Cl)C(Cl)(Cl)Cl. The maximum absolute atomic E-state index is 11.2. The van der Waals surface area contributed by atoms with E-state index in [0.29, 0.717) is 0 Å². The van der Waals surface area contributed by atoms with E-state index >= 15 is 0 Å². The Kier molecular flexibility index (Phi) is 4.05. The fourth-order valence-electron chi connectivity index (χ4n) is 1.19. The number of hydrogen-bond acceptors (Lipinski definition) is 3. The third-order valence-corrected chi connectivity index (χ3v) is 4.75. The first kappa shape index (κ1) is 13.6. The second kappa shape index (κ2) is 4.45. The van der Waals surface area contributed by atoms with Gasteiger partial charge in [0.2, 0.25) is 0 Å². The van der Waals surface area contributed by atoms with Gasteiger partial charge in [0.05, 0.1) is 22.9 Å². The number of carbonyl (C=O) groups is 1. The van der Waals surface area contributed by atoms with Gasteiger partial charge in [0.1, 0.15) is 0 Å². The van der Waals surface area contributed by atoms with E-state index in [0.717, 1.165) is 0 Å². The second-order valence-electron chi connectivity index (χ2n) is 3.17. The van der Waals surface area contributed by atoms with Gasteiger partial charge in [0.15, 0.2) is 9.84 Å². The van der Waals surface area contributed by atoms with Crippen molar-refractivity contribution in [2.24, 2.45) is 0 Å². The van der Waals surface area contributed by atoms with Gasteiger partial charge in [-0.3, -0.25) is 4.79 Å². The molecule has 1 aliphatic heterocycles. The molecule has 1 N–H and O–H groups in total. The summed E-state index contributed by atoms with van der Waals surface area (Å²) in [6.45, 7) is 0. The number of alkyl halides is 4. The summed E-state index contributed by atoms with van der Waals surface area (Å²) in [7, 11) is -3.21. The molecule has 2 atom stereocenters. The number of halogens is 4. The first-order valence-corrected chi connectivity index (χ1v) is 7.23. The number of carbonyl (C=O) groups excluding carboxylic acids is 1. The predicted molar refractivity (Wildman–Crippen MR) is 60.5 cm³/mol. The normalized spacial score (nSPS) is 30.1. The molecule has 0 aromatic carbocycles. The van der Waals surface area contributed by atoms with Crippen molar-refractivity contribution in [3.8, 4) is 0 Å². The van der Waals surface area contributed by atoms with Crippen molar-refractivity contribution in [1.82, 2.24) is 5.32 Å². The molecule has 1 amide bonds. The average molecular weight is 315 g/mol. The molecule has 0 bridgehead atoms. The van der Waals surface area contributed by atoms with Gasteiger partial charge >= 0.3 is 0 Å². The zero-order valence-electron chi connectivity index (χ0n) is 7.21. The lowest BCUT2D eigenvalue weighted by molar-refractivity contribution is -0.120. The molecule has 4 nitrogen and oxygen atoms in total. The summed E-state index contributed by atoms with van der Waals surface area (Å²) in [5.41, 5.74) is 0. The monoisotopic (exact) mass is 313 g/mol. The van der Waals surface area contributed by atoms with Gasteiger partial charge < -0.3 is 5.32 Å². The zero-order chi connectivity index (χ0) is 11.9. The molecule has 0 saturated carbocycles. The number of hydrogen-bond donors (Lipinski definition) is 1. The third-order valence-electron chi connectivity index (χ3n) is 1.86. The first-order valence-electron chi connectivity index (χ1n) is 3.84. The van der Waals surface area contributed by atoms with Crippen molar-refractivity contribution >= 4 is 62.1 Å². The summed E-state index contributed by atoms with van der Waals surface area (Å²) in [5.74, 6) is -1.28. The lowest BCUT2D eigenvalue weighted by Crippen LogP contribution is -2.45. The van der Waals surface area contributed by atoms with E-state index < -0.39 is 31.0 Å². The molecule has 0 aromatic heterocycles. The Morgan fingerprint density at radius 3 is 2.13 bits per heavy atom. The summed E-state index contributed by atoms with van der Waals surface area (Å²) in [5, 5.41) is 1.59. The van der Waals surface area contributed by atoms with Crippen LogP contribution in [0.4, 0.5) is 0 Å². The second-order valence-corrected chi connectivity index (χ2v) is 8.17. The molecular weight excluding hydrogens is 308 g/mol. The Hall–Kier alpha value is 0.580.